The largest absolute Gasteiger partial charge is 0.496 e. The van der Waals surface area contributed by atoms with Crippen LogP contribution in [-0.2, 0) is 0 Å². The summed E-state index contributed by atoms with van der Waals surface area (Å²) in [6.07, 6.45) is 1.71. The summed E-state index contributed by atoms with van der Waals surface area (Å²) in [7, 11) is 1.39. The third-order valence-corrected chi connectivity index (χ3v) is 3.89. The first kappa shape index (κ1) is 16.2. The zero-order chi connectivity index (χ0) is 16.9. The molecule has 0 radical (unpaired) electrons. The van der Waals surface area contributed by atoms with Crippen LogP contribution in [-0.4, -0.2) is 44.2 Å². The van der Waals surface area contributed by atoms with E-state index in [2.05, 4.69) is 20.5 Å². The third kappa shape index (κ3) is 3.46. The highest BCUT2D eigenvalue weighted by atomic mass is 19.1. The van der Waals surface area contributed by atoms with Crippen LogP contribution >= 0.6 is 0 Å². The number of hydrogen-bond acceptors (Lipinski definition) is 5. The van der Waals surface area contributed by atoms with Gasteiger partial charge in [0, 0.05) is 26.2 Å². The first-order valence-electron chi connectivity index (χ1n) is 7.74. The number of rotatable bonds is 4. The highest BCUT2D eigenvalue weighted by molar-refractivity contribution is 6.06. The van der Waals surface area contributed by atoms with Gasteiger partial charge < -0.3 is 20.3 Å². The number of piperazine rings is 1. The minimum atomic E-state index is -0.635. The molecule has 1 fully saturated rings. The maximum Gasteiger partial charge on any atom is 0.263 e. The number of hydrogen-bond donors (Lipinski definition) is 2. The molecule has 1 amide bonds. The van der Waals surface area contributed by atoms with E-state index >= 15 is 0 Å². The Bertz CT molecular complexity index is 715. The molecule has 1 saturated heterocycles. The number of pyridine rings is 1. The van der Waals surface area contributed by atoms with Crippen molar-refractivity contribution in [2.45, 2.75) is 0 Å². The molecular formula is C17H19FN4O2. The second kappa shape index (κ2) is 7.27. The molecule has 2 aromatic rings. The molecule has 7 heteroatoms. The number of carbonyl (C=O) groups is 1. The lowest BCUT2D eigenvalue weighted by Crippen LogP contribution is -2.43. The Labute approximate surface area is 139 Å². The molecular weight excluding hydrogens is 311 g/mol. The number of carbonyl (C=O) groups excluding carboxylic acids is 1. The molecule has 0 spiro atoms. The number of benzene rings is 1. The van der Waals surface area contributed by atoms with Crippen LogP contribution in [0.25, 0.3) is 0 Å². The summed E-state index contributed by atoms with van der Waals surface area (Å²) >= 11 is 0. The zero-order valence-electron chi connectivity index (χ0n) is 13.4. The maximum absolute atomic E-state index is 13.9. The average molecular weight is 330 g/mol. The zero-order valence-corrected chi connectivity index (χ0v) is 13.4. The predicted octanol–water partition coefficient (Wildman–Crippen LogP) is 1.89. The Kier molecular flexibility index (Phi) is 4.90. The normalized spacial score (nSPS) is 14.3. The number of anilines is 2. The van der Waals surface area contributed by atoms with E-state index in [9.17, 15) is 9.18 Å². The number of methoxy groups -OCH3 is 1. The second-order valence-corrected chi connectivity index (χ2v) is 5.41. The fraction of sp³-hybridized carbons (Fsp3) is 0.294. The van der Waals surface area contributed by atoms with Crippen molar-refractivity contribution in [1.29, 1.82) is 0 Å². The van der Waals surface area contributed by atoms with Crippen LogP contribution in [0.1, 0.15) is 10.4 Å². The van der Waals surface area contributed by atoms with E-state index in [1.165, 1.54) is 19.2 Å². The monoisotopic (exact) mass is 330 g/mol. The Morgan fingerprint density at radius 1 is 1.29 bits per heavy atom. The van der Waals surface area contributed by atoms with Gasteiger partial charge in [-0.25, -0.2) is 9.37 Å². The Balaban J connectivity index is 1.73. The molecule has 0 unspecified atom stereocenters. The van der Waals surface area contributed by atoms with Crippen molar-refractivity contribution >= 4 is 17.4 Å². The molecule has 1 aliphatic rings. The topological polar surface area (TPSA) is 66.5 Å². The Morgan fingerprint density at radius 2 is 2.08 bits per heavy atom. The van der Waals surface area contributed by atoms with Crippen LogP contribution in [0.5, 0.6) is 5.75 Å². The molecule has 1 aliphatic heterocycles. The van der Waals surface area contributed by atoms with Gasteiger partial charge in [-0.1, -0.05) is 6.07 Å². The van der Waals surface area contributed by atoms with Crippen molar-refractivity contribution in [3.8, 4) is 5.75 Å². The van der Waals surface area contributed by atoms with Crippen LogP contribution in [0.3, 0.4) is 0 Å². The quantitative estimate of drug-likeness (QED) is 0.896. The van der Waals surface area contributed by atoms with E-state index in [0.717, 1.165) is 31.9 Å². The van der Waals surface area contributed by atoms with E-state index in [4.69, 9.17) is 4.74 Å². The predicted molar refractivity (Wildman–Crippen MR) is 90.2 cm³/mol. The molecule has 1 aromatic carbocycles. The van der Waals surface area contributed by atoms with Gasteiger partial charge in [0.1, 0.15) is 22.9 Å². The molecule has 1 aromatic heterocycles. The van der Waals surface area contributed by atoms with Crippen molar-refractivity contribution in [3.63, 3.8) is 0 Å². The molecule has 2 N–H and O–H groups in total. The summed E-state index contributed by atoms with van der Waals surface area (Å²) in [4.78, 5) is 18.8. The summed E-state index contributed by atoms with van der Waals surface area (Å²) in [5.41, 5.74) is 0.867. The van der Waals surface area contributed by atoms with Gasteiger partial charge in [0.2, 0.25) is 0 Å². The van der Waals surface area contributed by atoms with Gasteiger partial charge in [0.15, 0.2) is 0 Å². The summed E-state index contributed by atoms with van der Waals surface area (Å²) in [6.45, 7) is 3.71. The summed E-state index contributed by atoms with van der Waals surface area (Å²) in [5.74, 6) is -0.675. The maximum atomic E-state index is 13.9. The number of aromatic nitrogens is 1. The standard InChI is InChI=1S/C17H19FN4O2/c1-24-14-4-2-3-13(18)16(14)17(23)21-15-6-5-12(11-20-15)22-9-7-19-8-10-22/h2-6,11,19H,7-10H2,1H3,(H,20,21,23). The van der Waals surface area contributed by atoms with Gasteiger partial charge in [-0.3, -0.25) is 4.79 Å². The molecule has 2 heterocycles. The number of nitrogens with zero attached hydrogens (tertiary/aromatic N) is 2. The number of amides is 1. The number of nitrogens with one attached hydrogen (secondary N) is 2. The smallest absolute Gasteiger partial charge is 0.263 e. The van der Waals surface area contributed by atoms with Gasteiger partial charge in [-0.2, -0.15) is 0 Å². The minimum Gasteiger partial charge on any atom is -0.496 e. The van der Waals surface area contributed by atoms with Crippen molar-refractivity contribution in [2.24, 2.45) is 0 Å². The molecule has 6 nitrogen and oxygen atoms in total. The first-order chi connectivity index (χ1) is 11.7. The molecule has 0 saturated carbocycles. The fourth-order valence-electron chi connectivity index (χ4n) is 2.64. The average Bonchev–Trinajstić information content (AvgIpc) is 2.62. The van der Waals surface area contributed by atoms with Crippen LogP contribution in [0.4, 0.5) is 15.9 Å². The van der Waals surface area contributed by atoms with E-state index in [0.29, 0.717) is 5.82 Å². The summed E-state index contributed by atoms with van der Waals surface area (Å²) < 4.78 is 19.0. The molecule has 0 aliphatic carbocycles. The molecule has 0 bridgehead atoms. The molecule has 3 rings (SSSR count). The van der Waals surface area contributed by atoms with E-state index in [1.54, 1.807) is 18.3 Å². The third-order valence-electron chi connectivity index (χ3n) is 3.89. The number of halogens is 1. The SMILES string of the molecule is COc1cccc(F)c1C(=O)Nc1ccc(N2CCNCC2)cn1. The highest BCUT2D eigenvalue weighted by Crippen LogP contribution is 2.22. The fourth-order valence-corrected chi connectivity index (χ4v) is 2.64. The van der Waals surface area contributed by atoms with Crippen molar-refractivity contribution in [2.75, 3.05) is 43.5 Å². The first-order valence-corrected chi connectivity index (χ1v) is 7.74. The van der Waals surface area contributed by atoms with Crippen LogP contribution < -0.4 is 20.3 Å². The van der Waals surface area contributed by atoms with Gasteiger partial charge in [-0.05, 0) is 24.3 Å². The van der Waals surface area contributed by atoms with Gasteiger partial charge in [0.25, 0.3) is 5.91 Å². The number of ether oxygens (including phenoxy) is 1. The van der Waals surface area contributed by atoms with E-state index in [-0.39, 0.29) is 11.3 Å². The van der Waals surface area contributed by atoms with Crippen molar-refractivity contribution < 1.29 is 13.9 Å². The molecule has 24 heavy (non-hydrogen) atoms. The highest BCUT2D eigenvalue weighted by Gasteiger charge is 2.18. The van der Waals surface area contributed by atoms with Crippen LogP contribution in [0.15, 0.2) is 36.5 Å². The van der Waals surface area contributed by atoms with Crippen molar-refractivity contribution in [1.82, 2.24) is 10.3 Å². The summed E-state index contributed by atoms with van der Waals surface area (Å²) in [5, 5.41) is 5.89. The Morgan fingerprint density at radius 3 is 2.75 bits per heavy atom. The van der Waals surface area contributed by atoms with Crippen LogP contribution in [0, 0.1) is 5.82 Å². The lowest BCUT2D eigenvalue weighted by Gasteiger charge is -2.29. The summed E-state index contributed by atoms with van der Waals surface area (Å²) in [6, 6.07) is 7.86. The van der Waals surface area contributed by atoms with Gasteiger partial charge in [-0.15, -0.1) is 0 Å². The van der Waals surface area contributed by atoms with Gasteiger partial charge >= 0.3 is 0 Å². The van der Waals surface area contributed by atoms with E-state index in [1.807, 2.05) is 6.07 Å². The van der Waals surface area contributed by atoms with Crippen molar-refractivity contribution in [3.05, 3.63) is 47.9 Å². The van der Waals surface area contributed by atoms with Crippen LogP contribution in [0.2, 0.25) is 0 Å². The molecule has 0 atom stereocenters. The minimum absolute atomic E-state index is 0.131. The van der Waals surface area contributed by atoms with Gasteiger partial charge in [0.05, 0.1) is 19.0 Å². The lowest BCUT2D eigenvalue weighted by atomic mass is 10.1. The van der Waals surface area contributed by atoms with E-state index < -0.39 is 11.7 Å². The molecule has 126 valence electrons. The Hall–Kier alpha value is -2.67. The second-order valence-electron chi connectivity index (χ2n) is 5.41. The lowest BCUT2D eigenvalue weighted by molar-refractivity contribution is 0.101.